The van der Waals surface area contributed by atoms with Gasteiger partial charge in [-0.15, -0.1) is 0 Å². The molecule has 1 aliphatic carbocycles. The van der Waals surface area contributed by atoms with Crippen LogP contribution in [0, 0.1) is 17.5 Å². The summed E-state index contributed by atoms with van der Waals surface area (Å²) in [7, 11) is 0. The normalized spacial score (nSPS) is 14.4. The van der Waals surface area contributed by atoms with E-state index in [0.29, 0.717) is 6.42 Å². The average molecular weight is 258 g/mol. The Morgan fingerprint density at radius 2 is 1.88 bits per heavy atom. The highest BCUT2D eigenvalue weighted by Crippen LogP contribution is 2.35. The van der Waals surface area contributed by atoms with Crippen molar-refractivity contribution in [2.24, 2.45) is 0 Å². The third-order valence-electron chi connectivity index (χ3n) is 3.07. The maximum Gasteiger partial charge on any atom is 0.195 e. The van der Waals surface area contributed by atoms with Crippen LogP contribution in [-0.2, 0) is 12.8 Å². The summed E-state index contributed by atoms with van der Waals surface area (Å²) >= 11 is 6.05. The summed E-state index contributed by atoms with van der Waals surface area (Å²) in [6, 6.07) is 0.887. The van der Waals surface area contributed by atoms with Gasteiger partial charge in [0.25, 0.3) is 0 Å². The number of benzene rings is 1. The Hall–Kier alpha value is -1.29. The minimum Gasteiger partial charge on any atom is -0.252 e. The van der Waals surface area contributed by atoms with E-state index in [1.807, 2.05) is 0 Å². The fourth-order valence-electron chi connectivity index (χ4n) is 2.26. The van der Waals surface area contributed by atoms with Crippen LogP contribution in [0.25, 0.3) is 10.9 Å². The van der Waals surface area contributed by atoms with E-state index in [4.69, 9.17) is 11.6 Å². The molecule has 1 heterocycles. The first-order valence-corrected chi connectivity index (χ1v) is 5.62. The van der Waals surface area contributed by atoms with Gasteiger partial charge in [0.2, 0.25) is 0 Å². The summed E-state index contributed by atoms with van der Waals surface area (Å²) in [5, 5.41) is 0.0464. The molecule has 0 bridgehead atoms. The molecule has 2 aromatic rings. The molecule has 0 saturated heterocycles. The molecular formula is C12H7ClF3N. The van der Waals surface area contributed by atoms with Gasteiger partial charge in [-0.2, -0.15) is 0 Å². The fraction of sp³-hybridized carbons (Fsp3) is 0.250. The highest BCUT2D eigenvalue weighted by Gasteiger charge is 2.23. The first-order valence-electron chi connectivity index (χ1n) is 5.24. The van der Waals surface area contributed by atoms with Crippen LogP contribution in [-0.4, -0.2) is 4.98 Å². The zero-order chi connectivity index (χ0) is 12.2. The number of halogens is 4. The summed E-state index contributed by atoms with van der Waals surface area (Å²) in [5.41, 5.74) is 1.59. The third kappa shape index (κ3) is 1.43. The second-order valence-electron chi connectivity index (χ2n) is 4.09. The summed E-state index contributed by atoms with van der Waals surface area (Å²) in [6.07, 6.45) is 2.33. The van der Waals surface area contributed by atoms with E-state index in [1.165, 1.54) is 0 Å². The van der Waals surface area contributed by atoms with Crippen LogP contribution in [0.3, 0.4) is 0 Å². The lowest BCUT2D eigenvalue weighted by Crippen LogP contribution is -1.98. The SMILES string of the molecule is Fc1cc2nc3c(c(Cl)c2c(F)c1F)CCC3. The van der Waals surface area contributed by atoms with E-state index in [9.17, 15) is 13.2 Å². The second kappa shape index (κ2) is 3.60. The van der Waals surface area contributed by atoms with Crippen molar-refractivity contribution in [3.63, 3.8) is 0 Å². The van der Waals surface area contributed by atoms with Crippen molar-refractivity contribution in [1.82, 2.24) is 4.98 Å². The van der Waals surface area contributed by atoms with E-state index in [1.54, 1.807) is 0 Å². The van der Waals surface area contributed by atoms with Gasteiger partial charge in [0.05, 0.1) is 15.9 Å². The number of aryl methyl sites for hydroxylation is 1. The lowest BCUT2D eigenvalue weighted by Gasteiger charge is -2.08. The monoisotopic (exact) mass is 257 g/mol. The second-order valence-corrected chi connectivity index (χ2v) is 4.46. The van der Waals surface area contributed by atoms with Gasteiger partial charge in [-0.1, -0.05) is 11.6 Å². The van der Waals surface area contributed by atoms with Crippen molar-refractivity contribution < 1.29 is 13.2 Å². The van der Waals surface area contributed by atoms with Gasteiger partial charge in [0, 0.05) is 11.8 Å². The highest BCUT2D eigenvalue weighted by atomic mass is 35.5. The fourth-order valence-corrected chi connectivity index (χ4v) is 2.65. The van der Waals surface area contributed by atoms with Gasteiger partial charge in [-0.25, -0.2) is 13.2 Å². The van der Waals surface area contributed by atoms with Crippen molar-refractivity contribution >= 4 is 22.5 Å². The molecule has 1 aromatic carbocycles. The topological polar surface area (TPSA) is 12.9 Å². The molecule has 0 fully saturated rings. The summed E-state index contributed by atoms with van der Waals surface area (Å²) in [5.74, 6) is -4.00. The lowest BCUT2D eigenvalue weighted by molar-refractivity contribution is 0.453. The van der Waals surface area contributed by atoms with Crippen molar-refractivity contribution in [2.45, 2.75) is 19.3 Å². The van der Waals surface area contributed by atoms with Crippen LogP contribution in [0.1, 0.15) is 17.7 Å². The lowest BCUT2D eigenvalue weighted by atomic mass is 10.1. The number of hydrogen-bond donors (Lipinski definition) is 0. The van der Waals surface area contributed by atoms with Crippen LogP contribution in [0.2, 0.25) is 5.02 Å². The van der Waals surface area contributed by atoms with Crippen LogP contribution in [0.4, 0.5) is 13.2 Å². The quantitative estimate of drug-likeness (QED) is 0.654. The van der Waals surface area contributed by atoms with Crippen LogP contribution in [0.15, 0.2) is 6.07 Å². The molecule has 17 heavy (non-hydrogen) atoms. The summed E-state index contributed by atoms with van der Waals surface area (Å²) in [4.78, 5) is 4.15. The van der Waals surface area contributed by atoms with Crippen molar-refractivity contribution in [2.75, 3.05) is 0 Å². The minimum atomic E-state index is -1.50. The molecule has 0 unspecified atom stereocenters. The summed E-state index contributed by atoms with van der Waals surface area (Å²) in [6.45, 7) is 0. The number of nitrogens with zero attached hydrogens (tertiary/aromatic N) is 1. The largest absolute Gasteiger partial charge is 0.252 e. The molecular weight excluding hydrogens is 251 g/mol. The molecule has 0 aliphatic heterocycles. The number of pyridine rings is 1. The number of fused-ring (bicyclic) bond motifs is 2. The number of aromatic nitrogens is 1. The van der Waals surface area contributed by atoms with Crippen molar-refractivity contribution in [3.05, 3.63) is 39.8 Å². The van der Waals surface area contributed by atoms with Gasteiger partial charge >= 0.3 is 0 Å². The first-order chi connectivity index (χ1) is 8.09. The van der Waals surface area contributed by atoms with E-state index < -0.39 is 17.5 Å². The molecule has 0 amide bonds. The van der Waals surface area contributed by atoms with E-state index in [2.05, 4.69) is 4.98 Å². The molecule has 0 saturated carbocycles. The Morgan fingerprint density at radius 3 is 2.65 bits per heavy atom. The van der Waals surface area contributed by atoms with Crippen molar-refractivity contribution in [1.29, 1.82) is 0 Å². The first kappa shape index (κ1) is 10.8. The Morgan fingerprint density at radius 1 is 1.12 bits per heavy atom. The number of rotatable bonds is 0. The van der Waals surface area contributed by atoms with Crippen LogP contribution < -0.4 is 0 Å². The molecule has 0 atom stereocenters. The Bertz CT molecular complexity index is 640. The third-order valence-corrected chi connectivity index (χ3v) is 3.49. The zero-order valence-corrected chi connectivity index (χ0v) is 9.41. The van der Waals surface area contributed by atoms with Crippen LogP contribution in [0.5, 0.6) is 0 Å². The molecule has 0 N–H and O–H groups in total. The van der Waals surface area contributed by atoms with Crippen molar-refractivity contribution in [3.8, 4) is 0 Å². The molecule has 0 spiro atoms. The predicted molar refractivity (Wildman–Crippen MR) is 58.7 cm³/mol. The van der Waals surface area contributed by atoms with Crippen LogP contribution >= 0.6 is 11.6 Å². The molecule has 3 rings (SSSR count). The predicted octanol–water partition coefficient (Wildman–Crippen LogP) is 3.79. The standard InChI is InChI=1S/C12H7ClF3N/c13-10-5-2-1-3-7(5)17-8-4-6(14)11(15)12(16)9(8)10/h4H,1-3H2. The number of hydrogen-bond acceptors (Lipinski definition) is 1. The molecule has 1 aromatic heterocycles. The van der Waals surface area contributed by atoms with Gasteiger partial charge in [-0.05, 0) is 24.8 Å². The van der Waals surface area contributed by atoms with E-state index in [-0.39, 0.29) is 15.9 Å². The van der Waals surface area contributed by atoms with Gasteiger partial charge < -0.3 is 0 Å². The highest BCUT2D eigenvalue weighted by molar-refractivity contribution is 6.36. The minimum absolute atomic E-state index is 0.0760. The molecule has 1 aliphatic rings. The zero-order valence-electron chi connectivity index (χ0n) is 8.66. The van der Waals surface area contributed by atoms with Gasteiger partial charge in [0.1, 0.15) is 0 Å². The maximum absolute atomic E-state index is 13.6. The summed E-state index contributed by atoms with van der Waals surface area (Å²) < 4.78 is 39.9. The van der Waals surface area contributed by atoms with Gasteiger partial charge in [-0.3, -0.25) is 4.98 Å². The Balaban J connectivity index is 2.48. The Labute approximate surface area is 100 Å². The molecule has 5 heteroatoms. The molecule has 1 nitrogen and oxygen atoms in total. The Kier molecular flexibility index (Phi) is 2.30. The van der Waals surface area contributed by atoms with Gasteiger partial charge in [0.15, 0.2) is 17.5 Å². The smallest absolute Gasteiger partial charge is 0.195 e. The molecule has 0 radical (unpaired) electrons. The average Bonchev–Trinajstić information content (AvgIpc) is 2.74. The van der Waals surface area contributed by atoms with E-state index >= 15 is 0 Å². The van der Waals surface area contributed by atoms with E-state index in [0.717, 1.165) is 30.2 Å². The maximum atomic E-state index is 13.6. The molecule has 88 valence electrons.